The summed E-state index contributed by atoms with van der Waals surface area (Å²) in [4.78, 5) is 20.9. The molecule has 0 spiro atoms. The summed E-state index contributed by atoms with van der Waals surface area (Å²) < 4.78 is 4.80. The monoisotopic (exact) mass is 173 g/mol. The molecule has 0 radical (unpaired) electrons. The van der Waals surface area contributed by atoms with Crippen LogP contribution in [-0.2, 0) is 14.3 Å². The highest BCUT2D eigenvalue weighted by atomic mass is 16.5. The number of nitrogens with two attached hydrogens (primary N) is 1. The minimum Gasteiger partial charge on any atom is -0.480 e. The van der Waals surface area contributed by atoms with E-state index in [1.807, 2.05) is 0 Å². The lowest BCUT2D eigenvalue weighted by Gasteiger charge is -2.11. The van der Waals surface area contributed by atoms with Gasteiger partial charge in [-0.25, -0.2) is 0 Å². The standard InChI is InChI=1S/C7H11NO4/c8-5(7(10)11)3-4-1-2-6(9)12-4/h4-5H,1-3,8H2,(H,10,11)/t4-,5-/m0/s1. The van der Waals surface area contributed by atoms with Crippen LogP contribution in [0.3, 0.4) is 0 Å². The Morgan fingerprint density at radius 2 is 2.50 bits per heavy atom. The molecule has 0 amide bonds. The third-order valence-electron chi connectivity index (χ3n) is 1.80. The van der Waals surface area contributed by atoms with Gasteiger partial charge in [-0.05, 0) is 6.42 Å². The number of rotatable bonds is 3. The number of hydrogen-bond donors (Lipinski definition) is 2. The van der Waals surface area contributed by atoms with Gasteiger partial charge < -0.3 is 15.6 Å². The fraction of sp³-hybridized carbons (Fsp3) is 0.714. The Morgan fingerprint density at radius 1 is 1.83 bits per heavy atom. The van der Waals surface area contributed by atoms with Crippen molar-refractivity contribution in [3.05, 3.63) is 0 Å². The maximum atomic E-state index is 10.6. The number of cyclic esters (lactones) is 1. The van der Waals surface area contributed by atoms with Gasteiger partial charge >= 0.3 is 11.9 Å². The molecule has 0 bridgehead atoms. The van der Waals surface area contributed by atoms with E-state index >= 15 is 0 Å². The molecule has 5 heteroatoms. The number of carbonyl (C=O) groups is 2. The fourth-order valence-electron chi connectivity index (χ4n) is 1.13. The first-order valence-corrected chi connectivity index (χ1v) is 3.77. The molecule has 2 atom stereocenters. The minimum absolute atomic E-state index is 0.209. The average molecular weight is 173 g/mol. The van der Waals surface area contributed by atoms with Crippen LogP contribution in [0, 0.1) is 0 Å². The van der Waals surface area contributed by atoms with Crippen LogP contribution >= 0.6 is 0 Å². The lowest BCUT2D eigenvalue weighted by molar-refractivity contribution is -0.145. The molecule has 12 heavy (non-hydrogen) atoms. The number of carboxylic acids is 1. The van der Waals surface area contributed by atoms with Crippen molar-refractivity contribution in [2.45, 2.75) is 31.4 Å². The summed E-state index contributed by atoms with van der Waals surface area (Å²) >= 11 is 0. The van der Waals surface area contributed by atoms with E-state index in [-0.39, 0.29) is 18.5 Å². The van der Waals surface area contributed by atoms with Crippen LogP contribution in [0.1, 0.15) is 19.3 Å². The Hall–Kier alpha value is -1.10. The third kappa shape index (κ3) is 2.20. The molecule has 1 saturated heterocycles. The van der Waals surface area contributed by atoms with Gasteiger partial charge in [-0.3, -0.25) is 9.59 Å². The smallest absolute Gasteiger partial charge is 0.320 e. The maximum absolute atomic E-state index is 10.6. The quantitative estimate of drug-likeness (QED) is 0.561. The van der Waals surface area contributed by atoms with Crippen molar-refractivity contribution in [1.29, 1.82) is 0 Å². The molecular formula is C7H11NO4. The molecule has 1 rings (SSSR count). The van der Waals surface area contributed by atoms with E-state index in [0.717, 1.165) is 0 Å². The van der Waals surface area contributed by atoms with Gasteiger partial charge in [0.2, 0.25) is 0 Å². The van der Waals surface area contributed by atoms with Crippen molar-refractivity contribution >= 4 is 11.9 Å². The Balaban J connectivity index is 2.32. The molecule has 0 saturated carbocycles. The van der Waals surface area contributed by atoms with E-state index < -0.39 is 12.0 Å². The molecule has 1 heterocycles. The predicted molar refractivity (Wildman–Crippen MR) is 39.3 cm³/mol. The van der Waals surface area contributed by atoms with Gasteiger partial charge in [-0.1, -0.05) is 0 Å². The zero-order valence-corrected chi connectivity index (χ0v) is 6.53. The average Bonchev–Trinajstić information content (AvgIpc) is 2.35. The van der Waals surface area contributed by atoms with Crippen molar-refractivity contribution in [1.82, 2.24) is 0 Å². The molecule has 68 valence electrons. The van der Waals surface area contributed by atoms with Crippen molar-refractivity contribution in [2.24, 2.45) is 5.73 Å². The Kier molecular flexibility index (Phi) is 2.65. The lowest BCUT2D eigenvalue weighted by atomic mass is 10.1. The van der Waals surface area contributed by atoms with Crippen LogP contribution in [0.4, 0.5) is 0 Å². The van der Waals surface area contributed by atoms with E-state index in [1.54, 1.807) is 0 Å². The molecule has 1 aliphatic heterocycles. The molecular weight excluding hydrogens is 162 g/mol. The van der Waals surface area contributed by atoms with Crippen LogP contribution in [0.25, 0.3) is 0 Å². The minimum atomic E-state index is -1.06. The van der Waals surface area contributed by atoms with Crippen molar-refractivity contribution in [2.75, 3.05) is 0 Å². The molecule has 0 unspecified atom stereocenters. The summed E-state index contributed by atoms with van der Waals surface area (Å²) in [5.74, 6) is -1.32. The van der Waals surface area contributed by atoms with Gasteiger partial charge in [0.1, 0.15) is 12.1 Å². The fourth-order valence-corrected chi connectivity index (χ4v) is 1.13. The van der Waals surface area contributed by atoms with E-state index in [2.05, 4.69) is 0 Å². The highest BCUT2D eigenvalue weighted by Gasteiger charge is 2.27. The summed E-state index contributed by atoms with van der Waals surface area (Å²) in [5, 5.41) is 8.44. The normalized spacial score (nSPS) is 25.1. The van der Waals surface area contributed by atoms with Crippen LogP contribution in [0.5, 0.6) is 0 Å². The molecule has 1 fully saturated rings. The molecule has 3 N–H and O–H groups in total. The summed E-state index contributed by atoms with van der Waals surface area (Å²) in [7, 11) is 0. The molecule has 0 aromatic heterocycles. The number of hydrogen-bond acceptors (Lipinski definition) is 4. The van der Waals surface area contributed by atoms with Gasteiger partial charge in [0.15, 0.2) is 0 Å². The van der Waals surface area contributed by atoms with Gasteiger partial charge in [0, 0.05) is 12.8 Å². The summed E-state index contributed by atoms with van der Waals surface area (Å²) in [6, 6.07) is -0.930. The first kappa shape index (κ1) is 8.99. The summed E-state index contributed by atoms with van der Waals surface area (Å²) in [6.07, 6.45) is 0.862. The van der Waals surface area contributed by atoms with Crippen LogP contribution in [0.2, 0.25) is 0 Å². The largest absolute Gasteiger partial charge is 0.480 e. The van der Waals surface area contributed by atoms with Crippen LogP contribution < -0.4 is 5.73 Å². The van der Waals surface area contributed by atoms with E-state index in [0.29, 0.717) is 12.8 Å². The van der Waals surface area contributed by atoms with Gasteiger partial charge in [0.25, 0.3) is 0 Å². The summed E-state index contributed by atoms with van der Waals surface area (Å²) in [6.45, 7) is 0. The maximum Gasteiger partial charge on any atom is 0.320 e. The zero-order valence-electron chi connectivity index (χ0n) is 6.53. The molecule has 1 aliphatic rings. The Labute approximate surface area is 69.5 Å². The number of carbonyl (C=O) groups excluding carboxylic acids is 1. The zero-order chi connectivity index (χ0) is 9.14. The second kappa shape index (κ2) is 3.53. The lowest BCUT2D eigenvalue weighted by Crippen LogP contribution is -2.33. The predicted octanol–water partition coefficient (Wildman–Crippen LogP) is -0.506. The van der Waals surface area contributed by atoms with Crippen LogP contribution in [0.15, 0.2) is 0 Å². The SMILES string of the molecule is N[C@@H](C[C@@H]1CCC(=O)O1)C(=O)O. The van der Waals surface area contributed by atoms with E-state index in [9.17, 15) is 9.59 Å². The molecule has 0 aromatic carbocycles. The Bertz CT molecular complexity index is 204. The second-order valence-electron chi connectivity index (χ2n) is 2.83. The van der Waals surface area contributed by atoms with Crippen molar-refractivity contribution in [3.63, 3.8) is 0 Å². The number of ether oxygens (including phenoxy) is 1. The Morgan fingerprint density at radius 3 is 2.92 bits per heavy atom. The van der Waals surface area contributed by atoms with Gasteiger partial charge in [0.05, 0.1) is 0 Å². The first-order valence-electron chi connectivity index (χ1n) is 3.77. The van der Waals surface area contributed by atoms with E-state index in [4.69, 9.17) is 15.6 Å². The second-order valence-corrected chi connectivity index (χ2v) is 2.83. The molecule has 0 aliphatic carbocycles. The first-order chi connectivity index (χ1) is 5.59. The molecule has 0 aromatic rings. The third-order valence-corrected chi connectivity index (χ3v) is 1.80. The number of carboxylic acid groups (broad SMARTS) is 1. The van der Waals surface area contributed by atoms with Crippen LogP contribution in [-0.4, -0.2) is 29.2 Å². The van der Waals surface area contributed by atoms with Crippen molar-refractivity contribution in [3.8, 4) is 0 Å². The van der Waals surface area contributed by atoms with E-state index in [1.165, 1.54) is 0 Å². The number of aliphatic carboxylic acids is 1. The van der Waals surface area contributed by atoms with Gasteiger partial charge in [-0.2, -0.15) is 0 Å². The molecule has 5 nitrogen and oxygen atoms in total. The topological polar surface area (TPSA) is 89.6 Å². The van der Waals surface area contributed by atoms with Crippen molar-refractivity contribution < 1.29 is 19.4 Å². The summed E-state index contributed by atoms with van der Waals surface area (Å²) in [5.41, 5.74) is 5.25. The highest BCUT2D eigenvalue weighted by molar-refractivity contribution is 5.74. The highest BCUT2D eigenvalue weighted by Crippen LogP contribution is 2.17. The van der Waals surface area contributed by atoms with Gasteiger partial charge in [-0.15, -0.1) is 0 Å². The number of esters is 1.